The van der Waals surface area contributed by atoms with Crippen LogP contribution >= 0.6 is 0 Å². The van der Waals surface area contributed by atoms with Crippen molar-refractivity contribution >= 4 is 17.5 Å². The molecule has 1 aromatic heterocycles. The molecule has 2 unspecified atom stereocenters. The molecule has 132 valence electrons. The number of pyridine rings is 1. The average molecular weight is 341 g/mol. The van der Waals surface area contributed by atoms with Gasteiger partial charge in [0.1, 0.15) is 0 Å². The monoisotopic (exact) mass is 341 g/mol. The van der Waals surface area contributed by atoms with E-state index in [0.29, 0.717) is 29.8 Å². The molecule has 1 heterocycles. The summed E-state index contributed by atoms with van der Waals surface area (Å²) in [7, 11) is 0. The second kappa shape index (κ2) is 8.94. The second-order valence-electron chi connectivity index (χ2n) is 6.18. The number of benzene rings is 1. The maximum Gasteiger partial charge on any atom is 0.257 e. The summed E-state index contributed by atoms with van der Waals surface area (Å²) in [4.78, 5) is 28.3. The SMILES string of the molecule is CC(O)CC(C)CNC(=O)c1cccc(NC(=O)c2cccnc2)c1. The second-order valence-corrected chi connectivity index (χ2v) is 6.18. The summed E-state index contributed by atoms with van der Waals surface area (Å²) in [5.74, 6) is -0.316. The van der Waals surface area contributed by atoms with Gasteiger partial charge in [-0.15, -0.1) is 0 Å². The van der Waals surface area contributed by atoms with Crippen molar-refractivity contribution in [2.75, 3.05) is 11.9 Å². The maximum absolute atomic E-state index is 12.2. The zero-order chi connectivity index (χ0) is 18.2. The van der Waals surface area contributed by atoms with Gasteiger partial charge in [0.15, 0.2) is 0 Å². The molecule has 25 heavy (non-hydrogen) atoms. The number of carbonyl (C=O) groups is 2. The molecule has 0 aliphatic carbocycles. The first kappa shape index (κ1) is 18.6. The number of aliphatic hydroxyl groups is 1. The third kappa shape index (κ3) is 6.00. The lowest BCUT2D eigenvalue weighted by Gasteiger charge is -2.14. The van der Waals surface area contributed by atoms with Crippen LogP contribution in [0.1, 0.15) is 41.0 Å². The van der Waals surface area contributed by atoms with Crippen molar-refractivity contribution in [3.05, 3.63) is 59.9 Å². The van der Waals surface area contributed by atoms with E-state index in [4.69, 9.17) is 0 Å². The first-order valence-corrected chi connectivity index (χ1v) is 8.23. The summed E-state index contributed by atoms with van der Waals surface area (Å²) in [5, 5.41) is 15.0. The highest BCUT2D eigenvalue weighted by Crippen LogP contribution is 2.13. The predicted molar refractivity (Wildman–Crippen MR) is 96.4 cm³/mol. The fourth-order valence-corrected chi connectivity index (χ4v) is 2.47. The third-order valence-corrected chi connectivity index (χ3v) is 3.66. The summed E-state index contributed by atoms with van der Waals surface area (Å²) >= 11 is 0. The Balaban J connectivity index is 1.96. The molecule has 2 aromatic rings. The highest BCUT2D eigenvalue weighted by Gasteiger charge is 2.11. The normalized spacial score (nSPS) is 12.9. The number of hydrogen-bond acceptors (Lipinski definition) is 4. The number of amides is 2. The van der Waals surface area contributed by atoms with Gasteiger partial charge in [0, 0.05) is 30.2 Å². The Morgan fingerprint density at radius 2 is 1.88 bits per heavy atom. The highest BCUT2D eigenvalue weighted by molar-refractivity contribution is 6.04. The Morgan fingerprint density at radius 3 is 2.56 bits per heavy atom. The highest BCUT2D eigenvalue weighted by atomic mass is 16.3. The van der Waals surface area contributed by atoms with E-state index in [0.717, 1.165) is 0 Å². The molecule has 0 saturated heterocycles. The molecule has 0 fully saturated rings. The van der Waals surface area contributed by atoms with Crippen LogP contribution in [0.15, 0.2) is 48.8 Å². The Kier molecular flexibility index (Phi) is 6.65. The molecule has 0 bridgehead atoms. The summed E-state index contributed by atoms with van der Waals surface area (Å²) < 4.78 is 0. The fourth-order valence-electron chi connectivity index (χ4n) is 2.47. The van der Waals surface area contributed by atoms with Gasteiger partial charge in [0.2, 0.25) is 0 Å². The van der Waals surface area contributed by atoms with Crippen molar-refractivity contribution in [2.24, 2.45) is 5.92 Å². The van der Waals surface area contributed by atoms with Crippen molar-refractivity contribution < 1.29 is 14.7 Å². The van der Waals surface area contributed by atoms with Gasteiger partial charge in [0.25, 0.3) is 11.8 Å². The molecule has 2 amide bonds. The molecule has 2 atom stereocenters. The number of hydrogen-bond donors (Lipinski definition) is 3. The lowest BCUT2D eigenvalue weighted by Crippen LogP contribution is -2.29. The molecule has 1 aromatic carbocycles. The van der Waals surface area contributed by atoms with E-state index in [2.05, 4.69) is 15.6 Å². The van der Waals surface area contributed by atoms with E-state index >= 15 is 0 Å². The summed E-state index contributed by atoms with van der Waals surface area (Å²) in [6.45, 7) is 4.18. The minimum absolute atomic E-state index is 0.178. The van der Waals surface area contributed by atoms with Crippen LogP contribution < -0.4 is 10.6 Å². The van der Waals surface area contributed by atoms with Crippen molar-refractivity contribution in [2.45, 2.75) is 26.4 Å². The fraction of sp³-hybridized carbons (Fsp3) is 0.316. The Labute approximate surface area is 147 Å². The van der Waals surface area contributed by atoms with Gasteiger partial charge < -0.3 is 15.7 Å². The van der Waals surface area contributed by atoms with Crippen LogP contribution in [0.25, 0.3) is 0 Å². The summed E-state index contributed by atoms with van der Waals surface area (Å²) in [6, 6.07) is 10.1. The Morgan fingerprint density at radius 1 is 1.12 bits per heavy atom. The van der Waals surface area contributed by atoms with E-state index in [1.165, 1.54) is 6.20 Å². The van der Waals surface area contributed by atoms with Crippen LogP contribution in [0.4, 0.5) is 5.69 Å². The van der Waals surface area contributed by atoms with Crippen LogP contribution in [-0.2, 0) is 0 Å². The van der Waals surface area contributed by atoms with Crippen LogP contribution in [0, 0.1) is 5.92 Å². The lowest BCUT2D eigenvalue weighted by atomic mass is 10.0. The predicted octanol–water partition coefficient (Wildman–Crippen LogP) is 2.47. The number of rotatable bonds is 7. The van der Waals surface area contributed by atoms with Gasteiger partial charge in [-0.05, 0) is 49.6 Å². The molecule has 6 heteroatoms. The van der Waals surface area contributed by atoms with E-state index in [1.54, 1.807) is 49.5 Å². The standard InChI is InChI=1S/C19H23N3O3/c1-13(9-14(2)23)11-21-18(24)15-5-3-7-17(10-15)22-19(25)16-6-4-8-20-12-16/h3-8,10,12-14,23H,9,11H2,1-2H3,(H,21,24)(H,22,25). The van der Waals surface area contributed by atoms with Gasteiger partial charge in [-0.2, -0.15) is 0 Å². The summed E-state index contributed by atoms with van der Waals surface area (Å²) in [6.07, 6.45) is 3.31. The van der Waals surface area contributed by atoms with E-state index in [1.807, 2.05) is 6.92 Å². The number of aromatic nitrogens is 1. The van der Waals surface area contributed by atoms with E-state index in [9.17, 15) is 14.7 Å². The molecule has 3 N–H and O–H groups in total. The quantitative estimate of drug-likeness (QED) is 0.721. The average Bonchev–Trinajstić information content (AvgIpc) is 2.60. The van der Waals surface area contributed by atoms with Crippen LogP contribution in [0.3, 0.4) is 0 Å². The first-order chi connectivity index (χ1) is 12.0. The minimum Gasteiger partial charge on any atom is -0.393 e. The zero-order valence-corrected chi connectivity index (χ0v) is 14.4. The van der Waals surface area contributed by atoms with Gasteiger partial charge >= 0.3 is 0 Å². The van der Waals surface area contributed by atoms with Crippen LogP contribution in [0.5, 0.6) is 0 Å². The zero-order valence-electron chi connectivity index (χ0n) is 14.4. The Bertz CT molecular complexity index is 717. The molecule has 0 spiro atoms. The van der Waals surface area contributed by atoms with Crippen molar-refractivity contribution in [1.29, 1.82) is 0 Å². The molecular weight excluding hydrogens is 318 g/mol. The summed E-state index contributed by atoms with van der Waals surface area (Å²) in [5.41, 5.74) is 1.45. The maximum atomic E-state index is 12.2. The molecule has 2 rings (SSSR count). The molecule has 0 aliphatic heterocycles. The number of nitrogens with zero attached hydrogens (tertiary/aromatic N) is 1. The molecular formula is C19H23N3O3. The van der Waals surface area contributed by atoms with Crippen molar-refractivity contribution in [3.63, 3.8) is 0 Å². The van der Waals surface area contributed by atoms with Crippen molar-refractivity contribution in [3.8, 4) is 0 Å². The van der Waals surface area contributed by atoms with Crippen LogP contribution in [-0.4, -0.2) is 34.6 Å². The smallest absolute Gasteiger partial charge is 0.257 e. The van der Waals surface area contributed by atoms with Gasteiger partial charge in [-0.25, -0.2) is 0 Å². The van der Waals surface area contributed by atoms with Gasteiger partial charge in [-0.1, -0.05) is 13.0 Å². The van der Waals surface area contributed by atoms with Crippen LogP contribution in [0.2, 0.25) is 0 Å². The minimum atomic E-state index is -0.391. The molecule has 0 aliphatic rings. The van der Waals surface area contributed by atoms with Gasteiger partial charge in [0.05, 0.1) is 11.7 Å². The van der Waals surface area contributed by atoms with Gasteiger partial charge in [-0.3, -0.25) is 14.6 Å². The first-order valence-electron chi connectivity index (χ1n) is 8.23. The lowest BCUT2D eigenvalue weighted by molar-refractivity contribution is 0.0938. The Hall–Kier alpha value is -2.73. The number of nitrogens with one attached hydrogen (secondary N) is 2. The van der Waals surface area contributed by atoms with Crippen molar-refractivity contribution in [1.82, 2.24) is 10.3 Å². The number of anilines is 1. The third-order valence-electron chi connectivity index (χ3n) is 3.66. The molecule has 0 saturated carbocycles. The molecule has 0 radical (unpaired) electrons. The number of carbonyl (C=O) groups excluding carboxylic acids is 2. The number of aliphatic hydroxyl groups excluding tert-OH is 1. The topological polar surface area (TPSA) is 91.3 Å². The van der Waals surface area contributed by atoms with E-state index < -0.39 is 6.10 Å². The largest absolute Gasteiger partial charge is 0.393 e. The van der Waals surface area contributed by atoms with E-state index in [-0.39, 0.29) is 17.7 Å². The molecule has 6 nitrogen and oxygen atoms in total.